The van der Waals surface area contributed by atoms with Gasteiger partial charge >= 0.3 is 5.69 Å². The molecule has 4 nitrogen and oxygen atoms in total. The van der Waals surface area contributed by atoms with Crippen molar-refractivity contribution in [2.75, 3.05) is 0 Å². The number of nitrogens with one attached hydrogen (secondary N) is 1. The van der Waals surface area contributed by atoms with Gasteiger partial charge < -0.3 is 4.98 Å². The zero-order valence-electron chi connectivity index (χ0n) is 9.56. The van der Waals surface area contributed by atoms with Crippen molar-refractivity contribution in [1.29, 1.82) is 0 Å². The minimum absolute atomic E-state index is 0.301. The Kier molecular flexibility index (Phi) is 3.19. The second kappa shape index (κ2) is 4.63. The van der Waals surface area contributed by atoms with E-state index in [-0.39, 0.29) is 5.56 Å². The van der Waals surface area contributed by atoms with Gasteiger partial charge in [-0.2, -0.15) is 0 Å². The highest BCUT2D eigenvalue weighted by atomic mass is 32.2. The van der Waals surface area contributed by atoms with Gasteiger partial charge in [-0.1, -0.05) is 30.0 Å². The Labute approximate surface area is 102 Å². The van der Waals surface area contributed by atoms with Crippen molar-refractivity contribution < 1.29 is 0 Å². The third kappa shape index (κ3) is 2.50. The Hall–Kier alpha value is -1.75. The van der Waals surface area contributed by atoms with Gasteiger partial charge in [0.25, 0.3) is 5.56 Å². The molecule has 0 saturated carbocycles. The molecule has 0 unspecified atom stereocenters. The highest BCUT2D eigenvalue weighted by Crippen LogP contribution is 2.26. The molecule has 2 rings (SSSR count). The first-order chi connectivity index (χ1) is 8.08. The van der Waals surface area contributed by atoms with Gasteiger partial charge in [-0.3, -0.25) is 9.36 Å². The van der Waals surface area contributed by atoms with Gasteiger partial charge in [0.05, 0.1) is 5.03 Å². The lowest BCUT2D eigenvalue weighted by Gasteiger charge is -2.05. The summed E-state index contributed by atoms with van der Waals surface area (Å²) >= 11 is 1.38. The van der Waals surface area contributed by atoms with Crippen molar-refractivity contribution in [3.63, 3.8) is 0 Å². The second-order valence-electron chi connectivity index (χ2n) is 3.70. The molecule has 0 bridgehead atoms. The van der Waals surface area contributed by atoms with Crippen LogP contribution in [0, 0.1) is 6.92 Å². The molecule has 1 aromatic carbocycles. The first-order valence-electron chi connectivity index (χ1n) is 5.12. The number of hydrogen-bond donors (Lipinski definition) is 1. The van der Waals surface area contributed by atoms with Crippen LogP contribution in [0.4, 0.5) is 0 Å². The third-order valence-electron chi connectivity index (χ3n) is 2.43. The van der Waals surface area contributed by atoms with Crippen LogP contribution in [0.1, 0.15) is 5.56 Å². The van der Waals surface area contributed by atoms with Crippen LogP contribution in [-0.2, 0) is 7.05 Å². The zero-order valence-corrected chi connectivity index (χ0v) is 10.4. The number of rotatable bonds is 2. The summed E-state index contributed by atoms with van der Waals surface area (Å²) in [5, 5.41) is 0.562. The van der Waals surface area contributed by atoms with E-state index in [1.165, 1.54) is 24.9 Å². The second-order valence-corrected chi connectivity index (χ2v) is 4.79. The summed E-state index contributed by atoms with van der Waals surface area (Å²) in [5.41, 5.74) is 0.414. The number of H-pyrrole nitrogens is 1. The number of hydrogen-bond acceptors (Lipinski definition) is 3. The Morgan fingerprint density at radius 1 is 1.24 bits per heavy atom. The molecule has 0 saturated heterocycles. The van der Waals surface area contributed by atoms with Crippen molar-refractivity contribution >= 4 is 11.8 Å². The maximum absolute atomic E-state index is 11.5. The van der Waals surface area contributed by atoms with E-state index in [9.17, 15) is 9.59 Å². The molecule has 0 spiro atoms. The molecule has 0 amide bonds. The van der Waals surface area contributed by atoms with Crippen molar-refractivity contribution in [2.45, 2.75) is 16.8 Å². The molecular weight excluding hydrogens is 236 g/mol. The van der Waals surface area contributed by atoms with Crippen molar-refractivity contribution in [1.82, 2.24) is 9.55 Å². The molecule has 88 valence electrons. The first kappa shape index (κ1) is 11.7. The highest BCUT2D eigenvalue weighted by Gasteiger charge is 2.04. The quantitative estimate of drug-likeness (QED) is 0.820. The lowest BCUT2D eigenvalue weighted by atomic mass is 10.2. The predicted molar refractivity (Wildman–Crippen MR) is 67.6 cm³/mol. The fourth-order valence-corrected chi connectivity index (χ4v) is 2.29. The highest BCUT2D eigenvalue weighted by molar-refractivity contribution is 7.99. The summed E-state index contributed by atoms with van der Waals surface area (Å²) in [6.07, 6.45) is 0. The third-order valence-corrected chi connectivity index (χ3v) is 3.55. The summed E-state index contributed by atoms with van der Waals surface area (Å²) < 4.78 is 1.04. The van der Waals surface area contributed by atoms with Crippen LogP contribution >= 0.6 is 11.8 Å². The number of aryl methyl sites for hydroxylation is 1. The van der Waals surface area contributed by atoms with E-state index in [1.807, 2.05) is 31.2 Å². The van der Waals surface area contributed by atoms with E-state index in [0.717, 1.165) is 15.0 Å². The number of benzene rings is 1. The Bertz CT molecular complexity index is 627. The molecule has 0 radical (unpaired) electrons. The minimum atomic E-state index is -0.395. The summed E-state index contributed by atoms with van der Waals surface area (Å²) in [7, 11) is 1.45. The van der Waals surface area contributed by atoms with Crippen LogP contribution in [-0.4, -0.2) is 9.55 Å². The molecule has 0 atom stereocenters. The fraction of sp³-hybridized carbons (Fsp3) is 0.167. The van der Waals surface area contributed by atoms with Crippen molar-refractivity contribution in [3.8, 4) is 0 Å². The normalized spacial score (nSPS) is 10.5. The lowest BCUT2D eigenvalue weighted by molar-refractivity contribution is 0.748. The number of aromatic amines is 1. The maximum Gasteiger partial charge on any atom is 0.328 e. The van der Waals surface area contributed by atoms with E-state index in [1.54, 1.807) is 0 Å². The van der Waals surface area contributed by atoms with Gasteiger partial charge in [-0.15, -0.1) is 0 Å². The van der Waals surface area contributed by atoms with Crippen LogP contribution in [0.15, 0.2) is 49.8 Å². The van der Waals surface area contributed by atoms with Crippen LogP contribution in [0.2, 0.25) is 0 Å². The largest absolute Gasteiger partial charge is 0.328 e. The molecule has 2 aromatic rings. The Balaban J connectivity index is 2.41. The van der Waals surface area contributed by atoms with Gasteiger partial charge in [0.1, 0.15) is 0 Å². The molecule has 0 aliphatic heterocycles. The van der Waals surface area contributed by atoms with Crippen LogP contribution in [0.25, 0.3) is 0 Å². The molecule has 0 aliphatic carbocycles. The lowest BCUT2D eigenvalue weighted by Crippen LogP contribution is -2.32. The van der Waals surface area contributed by atoms with E-state index >= 15 is 0 Å². The average Bonchev–Trinajstić information content (AvgIpc) is 2.29. The van der Waals surface area contributed by atoms with Gasteiger partial charge in [-0.25, -0.2) is 4.79 Å². The van der Waals surface area contributed by atoms with Gasteiger partial charge in [-0.05, 0) is 18.6 Å². The van der Waals surface area contributed by atoms with Gasteiger partial charge in [0.2, 0.25) is 0 Å². The molecule has 1 heterocycles. The summed E-state index contributed by atoms with van der Waals surface area (Å²) in [4.78, 5) is 26.6. The molecule has 5 heteroatoms. The van der Waals surface area contributed by atoms with E-state index < -0.39 is 5.69 Å². The molecule has 1 aromatic heterocycles. The summed E-state index contributed by atoms with van der Waals surface area (Å²) in [6.45, 7) is 1.99. The summed E-state index contributed by atoms with van der Waals surface area (Å²) in [6, 6.07) is 9.25. The van der Waals surface area contributed by atoms with Gasteiger partial charge in [0.15, 0.2) is 0 Å². The fourth-order valence-electron chi connectivity index (χ4n) is 1.38. The SMILES string of the molecule is Cc1ccccc1Sc1cc(=O)n(C)c(=O)[nH]1. The predicted octanol–water partition coefficient (Wildman–Crippen LogP) is 1.53. The smallest absolute Gasteiger partial charge is 0.301 e. The summed E-state index contributed by atoms with van der Waals surface area (Å²) in [5.74, 6) is 0. The molecular formula is C12H12N2O2S. The zero-order chi connectivity index (χ0) is 12.4. The Morgan fingerprint density at radius 3 is 2.59 bits per heavy atom. The van der Waals surface area contributed by atoms with E-state index in [2.05, 4.69) is 4.98 Å². The van der Waals surface area contributed by atoms with Gasteiger partial charge in [0, 0.05) is 18.0 Å². The maximum atomic E-state index is 11.5. The minimum Gasteiger partial charge on any atom is -0.301 e. The first-order valence-corrected chi connectivity index (χ1v) is 5.93. The van der Waals surface area contributed by atoms with Crippen LogP contribution < -0.4 is 11.2 Å². The van der Waals surface area contributed by atoms with Crippen LogP contribution in [0.5, 0.6) is 0 Å². The molecule has 1 N–H and O–H groups in total. The number of aromatic nitrogens is 2. The topological polar surface area (TPSA) is 54.9 Å². The number of nitrogens with zero attached hydrogens (tertiary/aromatic N) is 1. The van der Waals surface area contributed by atoms with Crippen LogP contribution in [0.3, 0.4) is 0 Å². The van der Waals surface area contributed by atoms with E-state index in [4.69, 9.17) is 0 Å². The molecule has 0 fully saturated rings. The van der Waals surface area contributed by atoms with Crippen molar-refractivity contribution in [3.05, 3.63) is 56.7 Å². The molecule has 0 aliphatic rings. The Morgan fingerprint density at radius 2 is 1.94 bits per heavy atom. The average molecular weight is 248 g/mol. The standard InChI is InChI=1S/C12H12N2O2S/c1-8-5-3-4-6-9(8)17-10-7-11(15)14(2)12(16)13-10/h3-7H,1-2H3,(H,13,16). The molecule has 17 heavy (non-hydrogen) atoms. The van der Waals surface area contributed by atoms with E-state index in [0.29, 0.717) is 5.03 Å². The van der Waals surface area contributed by atoms with Crippen molar-refractivity contribution in [2.24, 2.45) is 7.05 Å². The monoisotopic (exact) mass is 248 g/mol.